The van der Waals surface area contributed by atoms with Crippen LogP contribution < -0.4 is 0 Å². The van der Waals surface area contributed by atoms with E-state index in [0.29, 0.717) is 12.8 Å². The number of alkyl halides is 2. The normalized spacial score (nSPS) is 20.1. The van der Waals surface area contributed by atoms with Crippen LogP contribution in [0.3, 0.4) is 0 Å². The summed E-state index contributed by atoms with van der Waals surface area (Å²) >= 11 is 0. The van der Waals surface area contributed by atoms with Crippen LogP contribution in [0.15, 0.2) is 18.3 Å². The molecule has 0 aliphatic heterocycles. The molecule has 2 heterocycles. The van der Waals surface area contributed by atoms with Gasteiger partial charge in [0.2, 0.25) is 0 Å². The fourth-order valence-electron chi connectivity index (χ4n) is 2.81. The summed E-state index contributed by atoms with van der Waals surface area (Å²) in [5.41, 5.74) is 0.166. The first-order valence-corrected chi connectivity index (χ1v) is 7.49. The molecule has 5 nitrogen and oxygen atoms in total. The first kappa shape index (κ1) is 16.5. The predicted molar refractivity (Wildman–Crippen MR) is 78.9 cm³/mol. The second-order valence-electron chi connectivity index (χ2n) is 5.82. The van der Waals surface area contributed by atoms with Gasteiger partial charge in [0.05, 0.1) is 30.5 Å². The lowest BCUT2D eigenvalue weighted by Gasteiger charge is -2.33. The van der Waals surface area contributed by atoms with Crippen LogP contribution in [-0.4, -0.2) is 27.8 Å². The maximum absolute atomic E-state index is 13.3. The van der Waals surface area contributed by atoms with Crippen molar-refractivity contribution in [2.75, 3.05) is 7.11 Å². The summed E-state index contributed by atoms with van der Waals surface area (Å²) in [4.78, 5) is 15.4. The van der Waals surface area contributed by atoms with E-state index < -0.39 is 17.9 Å². The lowest BCUT2D eigenvalue weighted by molar-refractivity contribution is -0.149. The van der Waals surface area contributed by atoms with Crippen LogP contribution in [0.2, 0.25) is 0 Å². The number of carbonyl (C=O) groups excluding carboxylic acids is 1. The highest BCUT2D eigenvalue weighted by Crippen LogP contribution is 2.40. The SMILES string of the molecule is COC(=O)[C@H]1C[C@H](n2cc(-c3ccc(F)c(C)n3)c(C(F)F)n2)C1. The molecule has 8 heteroatoms. The molecule has 2 aromatic rings. The van der Waals surface area contributed by atoms with Crippen molar-refractivity contribution in [3.05, 3.63) is 35.5 Å². The highest BCUT2D eigenvalue weighted by atomic mass is 19.3. The van der Waals surface area contributed by atoms with Gasteiger partial charge in [-0.15, -0.1) is 0 Å². The number of hydrogen-bond acceptors (Lipinski definition) is 4. The average molecular weight is 339 g/mol. The number of pyridine rings is 1. The number of halogens is 3. The third-order valence-corrected chi connectivity index (χ3v) is 4.29. The van der Waals surface area contributed by atoms with E-state index in [1.807, 2.05) is 0 Å². The molecule has 24 heavy (non-hydrogen) atoms. The van der Waals surface area contributed by atoms with E-state index in [2.05, 4.69) is 14.8 Å². The number of hydrogen-bond donors (Lipinski definition) is 0. The molecule has 0 bridgehead atoms. The topological polar surface area (TPSA) is 57.0 Å². The number of esters is 1. The zero-order valence-corrected chi connectivity index (χ0v) is 13.2. The van der Waals surface area contributed by atoms with E-state index in [-0.39, 0.29) is 34.9 Å². The third-order valence-electron chi connectivity index (χ3n) is 4.29. The van der Waals surface area contributed by atoms with Gasteiger partial charge >= 0.3 is 5.97 Å². The molecule has 128 valence electrons. The quantitative estimate of drug-likeness (QED) is 0.801. The zero-order valence-electron chi connectivity index (χ0n) is 13.2. The molecule has 1 saturated carbocycles. The minimum absolute atomic E-state index is 0.134. The number of ether oxygens (including phenoxy) is 1. The van der Waals surface area contributed by atoms with Crippen molar-refractivity contribution in [1.82, 2.24) is 14.8 Å². The van der Waals surface area contributed by atoms with Crippen molar-refractivity contribution in [3.8, 4) is 11.3 Å². The van der Waals surface area contributed by atoms with Gasteiger partial charge in [0, 0.05) is 11.8 Å². The number of nitrogens with zero attached hydrogens (tertiary/aromatic N) is 3. The van der Waals surface area contributed by atoms with Crippen LogP contribution in [0.5, 0.6) is 0 Å². The summed E-state index contributed by atoms with van der Waals surface area (Å²) in [6.07, 6.45) is -0.303. The smallest absolute Gasteiger partial charge is 0.308 e. The van der Waals surface area contributed by atoms with Crippen LogP contribution in [0, 0.1) is 18.7 Å². The van der Waals surface area contributed by atoms with Gasteiger partial charge in [0.15, 0.2) is 0 Å². The Bertz CT molecular complexity index is 770. The van der Waals surface area contributed by atoms with Crippen LogP contribution in [-0.2, 0) is 9.53 Å². The van der Waals surface area contributed by atoms with Crippen molar-refractivity contribution in [2.24, 2.45) is 5.92 Å². The number of aromatic nitrogens is 3. The standard InChI is InChI=1S/C16H16F3N3O2/c1-8-12(17)3-4-13(20-8)11-7-22(21-14(11)15(18)19)10-5-9(6-10)16(23)24-2/h3-4,7,9-10,15H,5-6H2,1-2H3/t9-,10-. The fraction of sp³-hybridized carbons (Fsp3) is 0.438. The summed E-state index contributed by atoms with van der Waals surface area (Å²) in [6.45, 7) is 1.47. The second kappa shape index (κ2) is 6.26. The van der Waals surface area contributed by atoms with Crippen LogP contribution >= 0.6 is 0 Å². The molecule has 1 aliphatic rings. The molecule has 0 saturated heterocycles. The summed E-state index contributed by atoms with van der Waals surface area (Å²) in [5, 5.41) is 3.96. The highest BCUT2D eigenvalue weighted by Gasteiger charge is 2.37. The minimum Gasteiger partial charge on any atom is -0.469 e. The summed E-state index contributed by atoms with van der Waals surface area (Å²) in [5.74, 6) is -1.03. The third kappa shape index (κ3) is 2.88. The Hall–Kier alpha value is -2.38. The zero-order chi connectivity index (χ0) is 17.4. The summed E-state index contributed by atoms with van der Waals surface area (Å²) < 4.78 is 46.1. The number of rotatable bonds is 4. The second-order valence-corrected chi connectivity index (χ2v) is 5.82. The van der Waals surface area contributed by atoms with E-state index in [1.165, 1.54) is 37.0 Å². The van der Waals surface area contributed by atoms with E-state index >= 15 is 0 Å². The Kier molecular flexibility index (Phi) is 4.29. The van der Waals surface area contributed by atoms with Gasteiger partial charge in [-0.2, -0.15) is 5.10 Å². The highest BCUT2D eigenvalue weighted by molar-refractivity contribution is 5.73. The van der Waals surface area contributed by atoms with Gasteiger partial charge in [-0.25, -0.2) is 18.2 Å². The maximum Gasteiger partial charge on any atom is 0.308 e. The molecule has 0 spiro atoms. The fourth-order valence-corrected chi connectivity index (χ4v) is 2.81. The Labute approximate surface area is 136 Å². The average Bonchev–Trinajstić information content (AvgIpc) is 2.93. The molecular formula is C16H16F3N3O2. The van der Waals surface area contributed by atoms with E-state index in [9.17, 15) is 18.0 Å². The van der Waals surface area contributed by atoms with E-state index in [1.54, 1.807) is 0 Å². The molecule has 0 unspecified atom stereocenters. The molecule has 0 N–H and O–H groups in total. The first-order chi connectivity index (χ1) is 11.4. The monoisotopic (exact) mass is 339 g/mol. The Morgan fingerprint density at radius 3 is 2.67 bits per heavy atom. The lowest BCUT2D eigenvalue weighted by atomic mass is 9.80. The Morgan fingerprint density at radius 2 is 2.08 bits per heavy atom. The van der Waals surface area contributed by atoms with Crippen molar-refractivity contribution in [3.63, 3.8) is 0 Å². The summed E-state index contributed by atoms with van der Waals surface area (Å²) in [6, 6.07) is 2.41. The molecule has 0 aromatic carbocycles. The van der Waals surface area contributed by atoms with Crippen molar-refractivity contribution in [2.45, 2.75) is 32.2 Å². The van der Waals surface area contributed by atoms with Crippen molar-refractivity contribution < 1.29 is 22.7 Å². The molecular weight excluding hydrogens is 323 g/mol. The molecule has 1 fully saturated rings. The molecule has 0 amide bonds. The molecule has 0 radical (unpaired) electrons. The van der Waals surface area contributed by atoms with Gasteiger partial charge in [-0.1, -0.05) is 0 Å². The van der Waals surface area contributed by atoms with Gasteiger partial charge in [-0.05, 0) is 31.9 Å². The minimum atomic E-state index is -2.77. The predicted octanol–water partition coefficient (Wildman–Crippen LogP) is 3.45. The van der Waals surface area contributed by atoms with Gasteiger partial charge in [-0.3, -0.25) is 9.48 Å². The van der Waals surface area contributed by atoms with Crippen LogP contribution in [0.4, 0.5) is 13.2 Å². The maximum atomic E-state index is 13.3. The Morgan fingerprint density at radius 1 is 1.38 bits per heavy atom. The van der Waals surface area contributed by atoms with Crippen LogP contribution in [0.1, 0.15) is 36.7 Å². The Balaban J connectivity index is 1.89. The first-order valence-electron chi connectivity index (χ1n) is 7.49. The van der Waals surface area contributed by atoms with Crippen molar-refractivity contribution >= 4 is 5.97 Å². The molecule has 2 aromatic heterocycles. The van der Waals surface area contributed by atoms with Crippen LogP contribution in [0.25, 0.3) is 11.3 Å². The number of aryl methyl sites for hydroxylation is 1. The van der Waals surface area contributed by atoms with Gasteiger partial charge < -0.3 is 4.74 Å². The summed E-state index contributed by atoms with van der Waals surface area (Å²) in [7, 11) is 1.32. The van der Waals surface area contributed by atoms with Gasteiger partial charge in [0.1, 0.15) is 11.5 Å². The number of carbonyl (C=O) groups is 1. The molecule has 3 rings (SSSR count). The lowest BCUT2D eigenvalue weighted by Crippen LogP contribution is -2.33. The molecule has 0 atom stereocenters. The van der Waals surface area contributed by atoms with E-state index in [0.717, 1.165) is 0 Å². The largest absolute Gasteiger partial charge is 0.469 e. The molecule has 1 aliphatic carbocycles. The van der Waals surface area contributed by atoms with Crippen molar-refractivity contribution in [1.29, 1.82) is 0 Å². The number of methoxy groups -OCH3 is 1. The van der Waals surface area contributed by atoms with E-state index in [4.69, 9.17) is 0 Å². The van der Waals surface area contributed by atoms with Gasteiger partial charge in [0.25, 0.3) is 6.43 Å².